The van der Waals surface area contributed by atoms with Crippen LogP contribution in [0.15, 0.2) is 47.2 Å². The molecular weight excluding hydrogens is 411 g/mol. The third-order valence-electron chi connectivity index (χ3n) is 6.17. The van der Waals surface area contributed by atoms with Gasteiger partial charge in [0.15, 0.2) is 0 Å². The number of halogens is 1. The predicted molar refractivity (Wildman–Crippen MR) is 119 cm³/mol. The van der Waals surface area contributed by atoms with E-state index in [0.29, 0.717) is 24.4 Å². The van der Waals surface area contributed by atoms with E-state index in [0.717, 1.165) is 35.5 Å². The van der Waals surface area contributed by atoms with E-state index in [1.165, 1.54) is 19.2 Å². The topological polar surface area (TPSA) is 60.8 Å². The zero-order valence-corrected chi connectivity index (χ0v) is 18.8. The van der Waals surface area contributed by atoms with Crippen molar-refractivity contribution in [1.29, 1.82) is 0 Å². The number of hydrogen-bond donors (Lipinski definition) is 0. The fourth-order valence-corrected chi connectivity index (χ4v) is 4.52. The summed E-state index contributed by atoms with van der Waals surface area (Å²) in [7, 11) is 1.31. The standard InChI is InChI=1S/C25H27FN2O4/c1-15-12-18(16(2)28(15)20-9-7-19(26)8-10-20)13-22-23(25(30)31-4)17(3)27(24(22)29)14-21-6-5-11-32-21/h7-10,12-13,21H,5-6,11,14H2,1-4H3/b22-13-/t21-/m0/s1. The highest BCUT2D eigenvalue weighted by Gasteiger charge is 2.38. The van der Waals surface area contributed by atoms with Crippen LogP contribution >= 0.6 is 0 Å². The van der Waals surface area contributed by atoms with Crippen LogP contribution < -0.4 is 0 Å². The van der Waals surface area contributed by atoms with Gasteiger partial charge in [0.1, 0.15) is 5.82 Å². The number of carbonyl (C=O) groups excluding carboxylic acids is 2. The van der Waals surface area contributed by atoms with Crippen molar-refractivity contribution in [2.24, 2.45) is 0 Å². The number of amides is 1. The quantitative estimate of drug-likeness (QED) is 0.521. The van der Waals surface area contributed by atoms with Gasteiger partial charge in [-0.15, -0.1) is 0 Å². The van der Waals surface area contributed by atoms with E-state index in [1.54, 1.807) is 30.0 Å². The molecule has 0 aliphatic carbocycles. The number of benzene rings is 1. The molecule has 2 aromatic rings. The molecule has 2 aliphatic heterocycles. The fraction of sp³-hybridized carbons (Fsp3) is 0.360. The van der Waals surface area contributed by atoms with E-state index in [1.807, 2.05) is 24.5 Å². The summed E-state index contributed by atoms with van der Waals surface area (Å²) in [6.45, 7) is 6.75. The Hall–Kier alpha value is -3.19. The molecule has 0 saturated carbocycles. The van der Waals surface area contributed by atoms with E-state index >= 15 is 0 Å². The summed E-state index contributed by atoms with van der Waals surface area (Å²) < 4.78 is 26.1. The zero-order chi connectivity index (χ0) is 23.0. The van der Waals surface area contributed by atoms with Gasteiger partial charge in [0.05, 0.1) is 30.9 Å². The lowest BCUT2D eigenvalue weighted by molar-refractivity contribution is -0.136. The van der Waals surface area contributed by atoms with Gasteiger partial charge in [-0.1, -0.05) is 0 Å². The number of rotatable bonds is 5. The van der Waals surface area contributed by atoms with Crippen molar-refractivity contribution in [2.75, 3.05) is 20.3 Å². The second-order valence-electron chi connectivity index (χ2n) is 8.20. The maximum atomic E-state index is 13.4. The second kappa shape index (κ2) is 8.74. The van der Waals surface area contributed by atoms with Crippen LogP contribution in [0, 0.1) is 19.7 Å². The minimum absolute atomic E-state index is 0.0318. The molecule has 1 saturated heterocycles. The van der Waals surface area contributed by atoms with Crippen LogP contribution in [0.3, 0.4) is 0 Å². The van der Waals surface area contributed by atoms with Gasteiger partial charge in [-0.3, -0.25) is 4.79 Å². The van der Waals surface area contributed by atoms with Gasteiger partial charge in [0.25, 0.3) is 5.91 Å². The van der Waals surface area contributed by atoms with Crippen molar-refractivity contribution < 1.29 is 23.5 Å². The predicted octanol–water partition coefficient (Wildman–Crippen LogP) is 4.08. The first-order valence-electron chi connectivity index (χ1n) is 10.7. The number of esters is 1. The molecule has 1 amide bonds. The Kier molecular flexibility index (Phi) is 6.02. The van der Waals surface area contributed by atoms with Crippen molar-refractivity contribution >= 4 is 18.0 Å². The molecule has 4 rings (SSSR count). The average molecular weight is 438 g/mol. The van der Waals surface area contributed by atoms with E-state index in [-0.39, 0.29) is 23.4 Å². The number of nitrogens with zero attached hydrogens (tertiary/aromatic N) is 2. The molecule has 6 nitrogen and oxygen atoms in total. The van der Waals surface area contributed by atoms with Crippen LogP contribution in [0.5, 0.6) is 0 Å². The largest absolute Gasteiger partial charge is 0.465 e. The molecule has 1 aromatic carbocycles. The van der Waals surface area contributed by atoms with Gasteiger partial charge >= 0.3 is 5.97 Å². The highest BCUT2D eigenvalue weighted by molar-refractivity contribution is 6.16. The Labute approximate surface area is 186 Å². The molecule has 0 radical (unpaired) electrons. The van der Waals surface area contributed by atoms with Gasteiger partial charge in [-0.25, -0.2) is 9.18 Å². The highest BCUT2D eigenvalue weighted by Crippen LogP contribution is 2.34. The Morgan fingerprint density at radius 2 is 1.97 bits per heavy atom. The number of aromatic nitrogens is 1. The molecule has 1 atom stereocenters. The molecule has 168 valence electrons. The van der Waals surface area contributed by atoms with E-state index in [9.17, 15) is 14.0 Å². The Morgan fingerprint density at radius 1 is 1.25 bits per heavy atom. The number of carbonyl (C=O) groups is 2. The van der Waals surface area contributed by atoms with E-state index < -0.39 is 5.97 Å². The maximum absolute atomic E-state index is 13.4. The molecule has 0 N–H and O–H groups in total. The van der Waals surface area contributed by atoms with Crippen molar-refractivity contribution in [1.82, 2.24) is 9.47 Å². The molecule has 32 heavy (non-hydrogen) atoms. The van der Waals surface area contributed by atoms with Crippen molar-refractivity contribution in [2.45, 2.75) is 39.7 Å². The summed E-state index contributed by atoms with van der Waals surface area (Å²) in [5.74, 6) is -1.07. The molecule has 1 fully saturated rings. The molecule has 0 unspecified atom stereocenters. The molecule has 2 aliphatic rings. The molecule has 1 aromatic heterocycles. The van der Waals surface area contributed by atoms with Gasteiger partial charge in [-0.2, -0.15) is 0 Å². The summed E-state index contributed by atoms with van der Waals surface area (Å²) in [5.41, 5.74) is 4.62. The average Bonchev–Trinajstić information content (AvgIpc) is 3.44. The summed E-state index contributed by atoms with van der Waals surface area (Å²) in [6.07, 6.45) is 3.58. The number of aryl methyl sites for hydroxylation is 1. The molecule has 0 bridgehead atoms. The fourth-order valence-electron chi connectivity index (χ4n) is 4.52. The van der Waals surface area contributed by atoms with Crippen molar-refractivity contribution in [3.63, 3.8) is 0 Å². The summed E-state index contributed by atoms with van der Waals surface area (Å²) in [5, 5.41) is 0. The summed E-state index contributed by atoms with van der Waals surface area (Å²) >= 11 is 0. The number of ether oxygens (including phenoxy) is 2. The van der Waals surface area contributed by atoms with Gasteiger partial charge < -0.3 is 18.9 Å². The molecular formula is C25H27FN2O4. The lowest BCUT2D eigenvalue weighted by Crippen LogP contribution is -2.33. The van der Waals surface area contributed by atoms with Gasteiger partial charge in [-0.05, 0) is 75.6 Å². The smallest absolute Gasteiger partial charge is 0.340 e. The van der Waals surface area contributed by atoms with E-state index in [2.05, 4.69) is 0 Å². The Morgan fingerprint density at radius 3 is 2.59 bits per heavy atom. The first-order valence-corrected chi connectivity index (χ1v) is 10.7. The van der Waals surface area contributed by atoms with Gasteiger partial charge in [0, 0.05) is 29.4 Å². The first-order chi connectivity index (χ1) is 15.3. The van der Waals surface area contributed by atoms with Gasteiger partial charge in [0.2, 0.25) is 0 Å². The molecule has 3 heterocycles. The summed E-state index contributed by atoms with van der Waals surface area (Å²) in [4.78, 5) is 27.6. The monoisotopic (exact) mass is 438 g/mol. The van der Waals surface area contributed by atoms with Crippen LogP contribution in [-0.2, 0) is 19.1 Å². The van der Waals surface area contributed by atoms with Crippen molar-refractivity contribution in [3.05, 3.63) is 69.9 Å². The Balaban J connectivity index is 1.75. The van der Waals surface area contributed by atoms with Crippen molar-refractivity contribution in [3.8, 4) is 5.69 Å². The third kappa shape index (κ3) is 3.88. The van der Waals surface area contributed by atoms with Crippen LogP contribution in [-0.4, -0.2) is 47.7 Å². The van der Waals surface area contributed by atoms with Crippen LogP contribution in [0.2, 0.25) is 0 Å². The SMILES string of the molecule is COC(=O)C1=C(C)N(C[C@@H]2CCCO2)C(=O)/C1=C\c1cc(C)n(-c2ccc(F)cc2)c1C. The van der Waals surface area contributed by atoms with Crippen LogP contribution in [0.1, 0.15) is 36.7 Å². The normalized spacial score (nSPS) is 20.0. The highest BCUT2D eigenvalue weighted by atomic mass is 19.1. The first kappa shape index (κ1) is 22.0. The number of methoxy groups -OCH3 is 1. The zero-order valence-electron chi connectivity index (χ0n) is 18.8. The van der Waals surface area contributed by atoms with E-state index in [4.69, 9.17) is 9.47 Å². The second-order valence-corrected chi connectivity index (χ2v) is 8.20. The Bertz CT molecular complexity index is 1120. The number of hydrogen-bond acceptors (Lipinski definition) is 4. The van der Waals surface area contributed by atoms with Crippen LogP contribution in [0.4, 0.5) is 4.39 Å². The lowest BCUT2D eigenvalue weighted by Gasteiger charge is -2.21. The third-order valence-corrected chi connectivity index (χ3v) is 6.17. The maximum Gasteiger partial charge on any atom is 0.340 e. The molecule has 0 spiro atoms. The lowest BCUT2D eigenvalue weighted by atomic mass is 10.0. The molecule has 7 heteroatoms. The van der Waals surface area contributed by atoms with Crippen LogP contribution in [0.25, 0.3) is 11.8 Å². The minimum Gasteiger partial charge on any atom is -0.465 e. The minimum atomic E-state index is -0.538. The summed E-state index contributed by atoms with van der Waals surface area (Å²) in [6, 6.07) is 8.20. The number of allylic oxidation sites excluding steroid dienone is 1.